The predicted octanol–water partition coefficient (Wildman–Crippen LogP) is 1.31. The topological polar surface area (TPSA) is 119 Å². The number of likely N-dealkylation sites (N-methyl/N-ethyl adjacent to an activating group) is 1. The van der Waals surface area contributed by atoms with E-state index in [0.717, 1.165) is 4.31 Å². The SMILES string of the molecule is COc1ccc(S(=O)(=O)N(Cc2ccccc2)C2(C(=O)NO)CCN(C(=O)CN(C)C)CC2)cc1. The summed E-state index contributed by atoms with van der Waals surface area (Å²) >= 11 is 0. The summed E-state index contributed by atoms with van der Waals surface area (Å²) in [5.74, 6) is -0.444. The molecule has 11 heteroatoms. The number of sulfonamides is 1. The van der Waals surface area contributed by atoms with Crippen LogP contribution in [0.25, 0.3) is 0 Å². The number of hydroxylamine groups is 1. The Kier molecular flexibility index (Phi) is 8.49. The molecule has 190 valence electrons. The van der Waals surface area contributed by atoms with Crippen LogP contribution in [0.2, 0.25) is 0 Å². The van der Waals surface area contributed by atoms with Crippen molar-refractivity contribution in [3.05, 3.63) is 60.2 Å². The Morgan fingerprint density at radius 3 is 2.17 bits per heavy atom. The van der Waals surface area contributed by atoms with Gasteiger partial charge in [-0.15, -0.1) is 0 Å². The van der Waals surface area contributed by atoms with Crippen LogP contribution in [0, 0.1) is 0 Å². The van der Waals surface area contributed by atoms with E-state index in [1.165, 1.54) is 31.4 Å². The van der Waals surface area contributed by atoms with Gasteiger partial charge in [-0.1, -0.05) is 30.3 Å². The lowest BCUT2D eigenvalue weighted by Gasteiger charge is -2.46. The molecule has 0 atom stereocenters. The van der Waals surface area contributed by atoms with Crippen molar-refractivity contribution in [2.45, 2.75) is 29.8 Å². The summed E-state index contributed by atoms with van der Waals surface area (Å²) in [6.45, 7) is 0.457. The lowest BCUT2D eigenvalue weighted by molar-refractivity contribution is -0.146. The molecule has 0 aliphatic carbocycles. The first-order valence-corrected chi connectivity index (χ1v) is 12.7. The van der Waals surface area contributed by atoms with Crippen molar-refractivity contribution >= 4 is 21.8 Å². The van der Waals surface area contributed by atoms with Crippen molar-refractivity contribution in [3.63, 3.8) is 0 Å². The molecule has 0 unspecified atom stereocenters. The van der Waals surface area contributed by atoms with E-state index in [1.54, 1.807) is 53.6 Å². The third-order valence-electron chi connectivity index (χ3n) is 6.21. The highest BCUT2D eigenvalue weighted by Crippen LogP contribution is 2.36. The van der Waals surface area contributed by atoms with Crippen molar-refractivity contribution in [1.29, 1.82) is 0 Å². The average molecular weight is 505 g/mol. The molecule has 3 rings (SSSR count). The van der Waals surface area contributed by atoms with Crippen LogP contribution in [0.5, 0.6) is 5.75 Å². The Bertz CT molecular complexity index is 1110. The normalized spacial score (nSPS) is 15.8. The van der Waals surface area contributed by atoms with Gasteiger partial charge in [0.15, 0.2) is 0 Å². The van der Waals surface area contributed by atoms with Crippen LogP contribution in [0.15, 0.2) is 59.5 Å². The number of nitrogens with one attached hydrogen (secondary N) is 1. The largest absolute Gasteiger partial charge is 0.497 e. The number of amides is 2. The molecule has 1 aliphatic rings. The van der Waals surface area contributed by atoms with E-state index in [1.807, 2.05) is 6.07 Å². The van der Waals surface area contributed by atoms with Crippen molar-refractivity contribution in [2.24, 2.45) is 0 Å². The molecule has 0 saturated carbocycles. The van der Waals surface area contributed by atoms with Gasteiger partial charge in [-0.3, -0.25) is 14.8 Å². The molecule has 1 saturated heterocycles. The molecule has 2 aromatic carbocycles. The first-order chi connectivity index (χ1) is 16.6. The summed E-state index contributed by atoms with van der Waals surface area (Å²) in [4.78, 5) is 29.1. The van der Waals surface area contributed by atoms with Gasteiger partial charge in [-0.2, -0.15) is 4.31 Å². The van der Waals surface area contributed by atoms with Crippen LogP contribution in [0.1, 0.15) is 18.4 Å². The molecule has 1 aliphatic heterocycles. The van der Waals surface area contributed by atoms with Gasteiger partial charge < -0.3 is 14.5 Å². The van der Waals surface area contributed by atoms with Gasteiger partial charge >= 0.3 is 0 Å². The molecule has 0 bridgehead atoms. The quantitative estimate of drug-likeness (QED) is 0.390. The predicted molar refractivity (Wildman–Crippen MR) is 129 cm³/mol. The van der Waals surface area contributed by atoms with Crippen LogP contribution < -0.4 is 10.2 Å². The summed E-state index contributed by atoms with van der Waals surface area (Å²) in [5, 5.41) is 9.64. The van der Waals surface area contributed by atoms with Crippen LogP contribution in [0.3, 0.4) is 0 Å². The number of nitrogens with zero attached hydrogens (tertiary/aromatic N) is 3. The van der Waals surface area contributed by atoms with E-state index < -0.39 is 21.5 Å². The number of likely N-dealkylation sites (tertiary alicyclic amines) is 1. The summed E-state index contributed by atoms with van der Waals surface area (Å²) in [5.41, 5.74) is 0.765. The van der Waals surface area contributed by atoms with E-state index in [0.29, 0.717) is 11.3 Å². The number of piperidine rings is 1. The Labute approximate surface area is 206 Å². The minimum absolute atomic E-state index is 0.00883. The number of benzene rings is 2. The number of hydrogen-bond acceptors (Lipinski definition) is 7. The summed E-state index contributed by atoms with van der Waals surface area (Å²) < 4.78 is 34.2. The van der Waals surface area contributed by atoms with Gasteiger partial charge in [0.25, 0.3) is 5.91 Å². The van der Waals surface area contributed by atoms with Crippen molar-refractivity contribution in [3.8, 4) is 5.75 Å². The fourth-order valence-corrected chi connectivity index (χ4v) is 6.06. The molecule has 2 N–H and O–H groups in total. The summed E-state index contributed by atoms with van der Waals surface area (Å²) in [6.07, 6.45) is 0.0571. The average Bonchev–Trinajstić information content (AvgIpc) is 2.87. The zero-order valence-electron chi connectivity index (χ0n) is 20.2. The van der Waals surface area contributed by atoms with Gasteiger partial charge in [0.05, 0.1) is 18.6 Å². The molecule has 10 nitrogen and oxygen atoms in total. The molecule has 1 fully saturated rings. The van der Waals surface area contributed by atoms with E-state index in [-0.39, 0.29) is 49.8 Å². The number of carbonyl (C=O) groups is 2. The maximum Gasteiger partial charge on any atom is 0.265 e. The van der Waals surface area contributed by atoms with Crippen LogP contribution in [-0.2, 0) is 26.2 Å². The molecular weight excluding hydrogens is 472 g/mol. The third kappa shape index (κ3) is 5.81. The molecule has 1 heterocycles. The van der Waals surface area contributed by atoms with Gasteiger partial charge in [0.2, 0.25) is 15.9 Å². The highest BCUT2D eigenvalue weighted by atomic mass is 32.2. The Morgan fingerprint density at radius 2 is 1.66 bits per heavy atom. The third-order valence-corrected chi connectivity index (χ3v) is 8.14. The summed E-state index contributed by atoms with van der Waals surface area (Å²) in [6, 6.07) is 14.9. The minimum atomic E-state index is -4.20. The Morgan fingerprint density at radius 1 is 1.06 bits per heavy atom. The molecule has 0 aromatic heterocycles. The second-order valence-electron chi connectivity index (χ2n) is 8.76. The number of hydrogen-bond donors (Lipinski definition) is 2. The molecule has 2 aromatic rings. The fraction of sp³-hybridized carbons (Fsp3) is 0.417. The second-order valence-corrected chi connectivity index (χ2v) is 10.6. The molecular formula is C24H32N4O6S. The highest BCUT2D eigenvalue weighted by molar-refractivity contribution is 7.89. The van der Waals surface area contributed by atoms with E-state index >= 15 is 0 Å². The number of carbonyl (C=O) groups excluding carboxylic acids is 2. The smallest absolute Gasteiger partial charge is 0.265 e. The molecule has 0 radical (unpaired) electrons. The number of ether oxygens (including phenoxy) is 1. The standard InChI is InChI=1S/C24H32N4O6S/c1-26(2)18-22(29)27-15-13-24(14-16-27,23(30)25-31)28(17-19-7-5-4-6-8-19)35(32,33)21-11-9-20(34-3)10-12-21/h4-12,31H,13-18H2,1-3H3,(H,25,30). The number of rotatable bonds is 9. The lowest BCUT2D eigenvalue weighted by atomic mass is 9.86. The minimum Gasteiger partial charge on any atom is -0.497 e. The van der Waals surface area contributed by atoms with Gasteiger partial charge in [-0.05, 0) is 56.8 Å². The summed E-state index contributed by atoms with van der Waals surface area (Å²) in [7, 11) is 0.855. The molecule has 35 heavy (non-hydrogen) atoms. The lowest BCUT2D eigenvalue weighted by Crippen LogP contribution is -2.64. The maximum atomic E-state index is 14.0. The van der Waals surface area contributed by atoms with Gasteiger partial charge in [0, 0.05) is 19.6 Å². The van der Waals surface area contributed by atoms with E-state index in [4.69, 9.17) is 4.74 Å². The van der Waals surface area contributed by atoms with Crippen LogP contribution >= 0.6 is 0 Å². The van der Waals surface area contributed by atoms with Crippen molar-refractivity contribution in [1.82, 2.24) is 19.6 Å². The van der Waals surface area contributed by atoms with Crippen LogP contribution in [-0.4, -0.2) is 85.9 Å². The second kappa shape index (κ2) is 11.2. The number of methoxy groups -OCH3 is 1. The van der Waals surface area contributed by atoms with E-state index in [9.17, 15) is 23.2 Å². The molecule has 0 spiro atoms. The van der Waals surface area contributed by atoms with Crippen LogP contribution in [0.4, 0.5) is 0 Å². The van der Waals surface area contributed by atoms with E-state index in [2.05, 4.69) is 0 Å². The monoisotopic (exact) mass is 504 g/mol. The first-order valence-electron chi connectivity index (χ1n) is 11.2. The Balaban J connectivity index is 2.04. The maximum absolute atomic E-state index is 14.0. The first kappa shape index (κ1) is 26.6. The fourth-order valence-electron chi connectivity index (χ4n) is 4.28. The highest BCUT2D eigenvalue weighted by Gasteiger charge is 2.52. The van der Waals surface area contributed by atoms with Gasteiger partial charge in [0.1, 0.15) is 11.3 Å². The Hall–Kier alpha value is -2.99. The van der Waals surface area contributed by atoms with Crippen molar-refractivity contribution < 1.29 is 28.0 Å². The zero-order valence-corrected chi connectivity index (χ0v) is 21.0. The van der Waals surface area contributed by atoms with Crippen molar-refractivity contribution in [2.75, 3.05) is 40.8 Å². The van der Waals surface area contributed by atoms with Gasteiger partial charge in [-0.25, -0.2) is 13.9 Å². The zero-order chi connectivity index (χ0) is 25.6. The molecule has 2 amide bonds.